The summed E-state index contributed by atoms with van der Waals surface area (Å²) in [5.74, 6) is -4.43. The number of carbonyl (C=O) groups excluding carboxylic acids is 1. The third kappa shape index (κ3) is 4.40. The number of rotatable bonds is 5. The lowest BCUT2D eigenvalue weighted by Crippen LogP contribution is -2.40. The van der Waals surface area contributed by atoms with Gasteiger partial charge in [0.15, 0.2) is 6.04 Å². The Bertz CT molecular complexity index is 564. The molecule has 126 valence electrons. The monoisotopic (exact) mass is 327 g/mol. The maximum absolute atomic E-state index is 13.1. The van der Waals surface area contributed by atoms with Crippen LogP contribution in [0.25, 0.3) is 0 Å². The Morgan fingerprint density at radius 3 is 2.30 bits per heavy atom. The van der Waals surface area contributed by atoms with Gasteiger partial charge in [-0.2, -0.15) is 0 Å². The first-order chi connectivity index (χ1) is 10.8. The number of carboxylic acids is 1. The minimum atomic E-state index is -2.72. The molecule has 7 heteroatoms. The van der Waals surface area contributed by atoms with Crippen LogP contribution in [-0.2, 0) is 9.59 Å². The standard InChI is InChI=1S/C16H19F2NO4/c1-23-12-4-2-10(3-5-12)13(15(21)22)19-14(20)11-6-8-16(17,18)9-7-11/h2-5,11,13H,6-9H2,1H3,(H,19,20)(H,21,22)/t13-/m1/s1. The summed E-state index contributed by atoms with van der Waals surface area (Å²) >= 11 is 0. The van der Waals surface area contributed by atoms with Crippen molar-refractivity contribution in [2.75, 3.05) is 7.11 Å². The number of benzene rings is 1. The number of carboxylic acid groups (broad SMARTS) is 1. The second-order valence-corrected chi connectivity index (χ2v) is 5.68. The predicted molar refractivity (Wildman–Crippen MR) is 78.4 cm³/mol. The molecular weight excluding hydrogens is 308 g/mol. The lowest BCUT2D eigenvalue weighted by molar-refractivity contribution is -0.143. The molecule has 1 aliphatic rings. The first-order valence-corrected chi connectivity index (χ1v) is 7.37. The molecule has 1 atom stereocenters. The van der Waals surface area contributed by atoms with Gasteiger partial charge in [0.25, 0.3) is 0 Å². The fraction of sp³-hybridized carbons (Fsp3) is 0.500. The molecule has 2 N–H and O–H groups in total. The van der Waals surface area contributed by atoms with E-state index in [2.05, 4.69) is 5.32 Å². The summed E-state index contributed by atoms with van der Waals surface area (Å²) in [5.41, 5.74) is 0.396. The van der Waals surface area contributed by atoms with Crippen molar-refractivity contribution in [3.05, 3.63) is 29.8 Å². The molecule has 1 aliphatic carbocycles. The number of ether oxygens (including phenoxy) is 1. The highest BCUT2D eigenvalue weighted by molar-refractivity contribution is 5.85. The van der Waals surface area contributed by atoms with Crippen LogP contribution in [0.1, 0.15) is 37.3 Å². The zero-order chi connectivity index (χ0) is 17.0. The van der Waals surface area contributed by atoms with E-state index in [-0.39, 0.29) is 25.7 Å². The average molecular weight is 327 g/mol. The Hall–Kier alpha value is -2.18. The van der Waals surface area contributed by atoms with Crippen molar-refractivity contribution >= 4 is 11.9 Å². The van der Waals surface area contributed by atoms with Gasteiger partial charge in [-0.15, -0.1) is 0 Å². The predicted octanol–water partition coefficient (Wildman–Crippen LogP) is 2.76. The zero-order valence-corrected chi connectivity index (χ0v) is 12.7. The van der Waals surface area contributed by atoms with Crippen LogP contribution in [0.15, 0.2) is 24.3 Å². The lowest BCUT2D eigenvalue weighted by atomic mass is 9.86. The topological polar surface area (TPSA) is 75.6 Å². The van der Waals surface area contributed by atoms with Gasteiger partial charge in [0, 0.05) is 18.8 Å². The van der Waals surface area contributed by atoms with Crippen LogP contribution in [-0.4, -0.2) is 30.0 Å². The first kappa shape index (κ1) is 17.2. The van der Waals surface area contributed by atoms with Crippen molar-refractivity contribution in [2.45, 2.75) is 37.6 Å². The van der Waals surface area contributed by atoms with Gasteiger partial charge in [0.05, 0.1) is 7.11 Å². The molecule has 0 spiro atoms. The van der Waals surface area contributed by atoms with E-state index >= 15 is 0 Å². The van der Waals surface area contributed by atoms with E-state index in [4.69, 9.17) is 4.74 Å². The minimum absolute atomic E-state index is 0.0633. The van der Waals surface area contributed by atoms with Gasteiger partial charge < -0.3 is 15.2 Å². The summed E-state index contributed by atoms with van der Waals surface area (Å²) in [6, 6.07) is 5.08. The van der Waals surface area contributed by atoms with Gasteiger partial charge >= 0.3 is 5.97 Å². The molecule has 1 amide bonds. The Morgan fingerprint density at radius 1 is 1.26 bits per heavy atom. The minimum Gasteiger partial charge on any atom is -0.497 e. The number of aliphatic carboxylic acids is 1. The zero-order valence-electron chi connectivity index (χ0n) is 12.7. The van der Waals surface area contributed by atoms with E-state index < -0.39 is 29.8 Å². The maximum Gasteiger partial charge on any atom is 0.330 e. The molecule has 0 unspecified atom stereocenters. The third-order valence-corrected chi connectivity index (χ3v) is 4.07. The van der Waals surface area contributed by atoms with Crippen LogP contribution in [0.5, 0.6) is 5.75 Å². The number of methoxy groups -OCH3 is 1. The third-order valence-electron chi connectivity index (χ3n) is 4.07. The molecule has 0 aromatic heterocycles. The molecule has 0 radical (unpaired) electrons. The molecule has 1 saturated carbocycles. The van der Waals surface area contributed by atoms with Crippen LogP contribution in [0.2, 0.25) is 0 Å². The molecule has 0 bridgehead atoms. The van der Waals surface area contributed by atoms with Crippen molar-refractivity contribution < 1.29 is 28.2 Å². The lowest BCUT2D eigenvalue weighted by Gasteiger charge is -2.28. The Labute approximate surface area is 132 Å². The number of nitrogens with one attached hydrogen (secondary N) is 1. The van der Waals surface area contributed by atoms with Crippen LogP contribution in [0.4, 0.5) is 8.78 Å². The molecular formula is C16H19F2NO4. The fourth-order valence-corrected chi connectivity index (χ4v) is 2.65. The number of amides is 1. The van der Waals surface area contributed by atoms with Crippen molar-refractivity contribution in [1.29, 1.82) is 0 Å². The second-order valence-electron chi connectivity index (χ2n) is 5.68. The van der Waals surface area contributed by atoms with Gasteiger partial charge in [0.2, 0.25) is 11.8 Å². The van der Waals surface area contributed by atoms with E-state index in [0.29, 0.717) is 11.3 Å². The van der Waals surface area contributed by atoms with Crippen molar-refractivity contribution in [1.82, 2.24) is 5.32 Å². The molecule has 5 nitrogen and oxygen atoms in total. The molecule has 1 fully saturated rings. The van der Waals surface area contributed by atoms with Crippen molar-refractivity contribution in [2.24, 2.45) is 5.92 Å². The fourth-order valence-electron chi connectivity index (χ4n) is 2.65. The highest BCUT2D eigenvalue weighted by Gasteiger charge is 2.38. The SMILES string of the molecule is COc1ccc([C@@H](NC(=O)C2CCC(F)(F)CC2)C(=O)O)cc1. The highest BCUT2D eigenvalue weighted by atomic mass is 19.3. The number of hydrogen-bond donors (Lipinski definition) is 2. The van der Waals surface area contributed by atoms with E-state index in [1.807, 2.05) is 0 Å². The Balaban J connectivity index is 2.04. The first-order valence-electron chi connectivity index (χ1n) is 7.37. The number of halogens is 2. The maximum atomic E-state index is 13.1. The second kappa shape index (κ2) is 6.93. The molecule has 1 aromatic rings. The van der Waals surface area contributed by atoms with Crippen LogP contribution in [0.3, 0.4) is 0 Å². The molecule has 0 heterocycles. The highest BCUT2D eigenvalue weighted by Crippen LogP contribution is 2.36. The van der Waals surface area contributed by atoms with E-state index in [1.54, 1.807) is 24.3 Å². The van der Waals surface area contributed by atoms with Gasteiger partial charge in [0.1, 0.15) is 5.75 Å². The van der Waals surface area contributed by atoms with E-state index in [9.17, 15) is 23.5 Å². The molecule has 23 heavy (non-hydrogen) atoms. The van der Waals surface area contributed by atoms with Crippen LogP contribution in [0, 0.1) is 5.92 Å². The van der Waals surface area contributed by atoms with Crippen molar-refractivity contribution in [3.63, 3.8) is 0 Å². The van der Waals surface area contributed by atoms with Crippen molar-refractivity contribution in [3.8, 4) is 5.75 Å². The molecule has 0 saturated heterocycles. The summed E-state index contributed by atoms with van der Waals surface area (Å²) in [5, 5.41) is 11.8. The molecule has 1 aromatic carbocycles. The Kier molecular flexibility index (Phi) is 5.18. The summed E-state index contributed by atoms with van der Waals surface area (Å²) in [7, 11) is 1.49. The summed E-state index contributed by atoms with van der Waals surface area (Å²) in [4.78, 5) is 23.6. The van der Waals surface area contributed by atoms with E-state index in [0.717, 1.165) is 0 Å². The van der Waals surface area contributed by atoms with E-state index in [1.165, 1.54) is 7.11 Å². The van der Waals surface area contributed by atoms with Gasteiger partial charge in [-0.25, -0.2) is 13.6 Å². The van der Waals surface area contributed by atoms with Crippen LogP contribution < -0.4 is 10.1 Å². The normalized spacial score (nSPS) is 18.9. The molecule has 0 aliphatic heterocycles. The smallest absolute Gasteiger partial charge is 0.330 e. The number of alkyl halides is 2. The summed E-state index contributed by atoms with van der Waals surface area (Å²) in [6.45, 7) is 0. The summed E-state index contributed by atoms with van der Waals surface area (Å²) in [6.07, 6.45) is -0.557. The Morgan fingerprint density at radius 2 is 1.83 bits per heavy atom. The average Bonchev–Trinajstić information content (AvgIpc) is 2.52. The van der Waals surface area contributed by atoms with Crippen LogP contribution >= 0.6 is 0 Å². The number of carbonyl (C=O) groups is 2. The van der Waals surface area contributed by atoms with Gasteiger partial charge in [-0.05, 0) is 30.5 Å². The number of hydrogen-bond acceptors (Lipinski definition) is 3. The quantitative estimate of drug-likeness (QED) is 0.872. The largest absolute Gasteiger partial charge is 0.497 e. The van der Waals surface area contributed by atoms with Gasteiger partial charge in [-0.3, -0.25) is 4.79 Å². The summed E-state index contributed by atoms with van der Waals surface area (Å²) < 4.78 is 31.3. The molecule has 2 rings (SSSR count). The van der Waals surface area contributed by atoms with Gasteiger partial charge in [-0.1, -0.05) is 12.1 Å².